The van der Waals surface area contributed by atoms with Gasteiger partial charge in [-0.15, -0.1) is 11.3 Å². The second kappa shape index (κ2) is 5.02. The fraction of sp³-hybridized carbons (Fsp3) is 0.333. The van der Waals surface area contributed by atoms with Gasteiger partial charge in [-0.3, -0.25) is 9.48 Å². The van der Waals surface area contributed by atoms with Crippen LogP contribution in [0.5, 0.6) is 0 Å². The Morgan fingerprint density at radius 2 is 2.29 bits per heavy atom. The fourth-order valence-corrected chi connectivity index (χ4v) is 2.55. The van der Waals surface area contributed by atoms with Crippen molar-refractivity contribution in [1.29, 1.82) is 0 Å². The third-order valence-electron chi connectivity index (χ3n) is 2.48. The van der Waals surface area contributed by atoms with Crippen LogP contribution in [0, 0.1) is 6.92 Å². The third-order valence-corrected chi connectivity index (χ3v) is 4.12. The molecule has 0 amide bonds. The summed E-state index contributed by atoms with van der Waals surface area (Å²) in [4.78, 5) is 14.0. The number of carbonyl (C=O) groups is 1. The van der Waals surface area contributed by atoms with Crippen molar-refractivity contribution >= 4 is 28.7 Å². The zero-order valence-electron chi connectivity index (χ0n) is 9.74. The average molecular weight is 269 g/mol. The predicted octanol–water partition coefficient (Wildman–Crippen LogP) is 3.35. The summed E-state index contributed by atoms with van der Waals surface area (Å²) in [7, 11) is 0. The minimum Gasteiger partial charge on any atom is -0.291 e. The molecular formula is C12H13ClN2OS. The molecule has 0 aliphatic carbocycles. The molecule has 2 rings (SSSR count). The van der Waals surface area contributed by atoms with Crippen LogP contribution >= 0.6 is 22.9 Å². The summed E-state index contributed by atoms with van der Waals surface area (Å²) in [5, 5.41) is 4.77. The van der Waals surface area contributed by atoms with Crippen molar-refractivity contribution in [3.8, 4) is 0 Å². The van der Waals surface area contributed by atoms with Crippen molar-refractivity contribution in [2.75, 3.05) is 0 Å². The van der Waals surface area contributed by atoms with Crippen molar-refractivity contribution in [1.82, 2.24) is 9.78 Å². The monoisotopic (exact) mass is 268 g/mol. The summed E-state index contributed by atoms with van der Waals surface area (Å²) in [6.07, 6.45) is 2.65. The van der Waals surface area contributed by atoms with Gasteiger partial charge in [0.25, 0.3) is 0 Å². The molecule has 0 saturated carbocycles. The van der Waals surface area contributed by atoms with E-state index in [4.69, 9.17) is 11.6 Å². The van der Waals surface area contributed by atoms with Crippen molar-refractivity contribution in [2.24, 2.45) is 0 Å². The van der Waals surface area contributed by atoms with Gasteiger partial charge in [0, 0.05) is 11.1 Å². The SMILES string of the molecule is CCc1ccc(C(=O)Cn2cc(Cl)c(C)n2)s1. The van der Waals surface area contributed by atoms with E-state index in [-0.39, 0.29) is 12.3 Å². The number of hydrogen-bond donors (Lipinski definition) is 0. The van der Waals surface area contributed by atoms with E-state index in [1.807, 2.05) is 19.1 Å². The number of nitrogens with zero attached hydrogens (tertiary/aromatic N) is 2. The van der Waals surface area contributed by atoms with Crippen LogP contribution in [0.2, 0.25) is 5.02 Å². The van der Waals surface area contributed by atoms with Gasteiger partial charge in [0.05, 0.1) is 15.6 Å². The maximum Gasteiger partial charge on any atom is 0.194 e. The Morgan fingerprint density at radius 1 is 1.53 bits per heavy atom. The summed E-state index contributed by atoms with van der Waals surface area (Å²) in [5.74, 6) is 0.0777. The first-order chi connectivity index (χ1) is 8.10. The standard InChI is InChI=1S/C12H13ClN2OS/c1-3-9-4-5-12(17-9)11(16)7-15-6-10(13)8(2)14-15/h4-6H,3,7H2,1-2H3. The highest BCUT2D eigenvalue weighted by Crippen LogP contribution is 2.18. The Labute approximate surface area is 109 Å². The molecule has 0 N–H and O–H groups in total. The van der Waals surface area contributed by atoms with Crippen LogP contribution in [0.25, 0.3) is 0 Å². The summed E-state index contributed by atoms with van der Waals surface area (Å²) in [6.45, 7) is 4.15. The van der Waals surface area contributed by atoms with Crippen LogP contribution in [0.3, 0.4) is 0 Å². The Bertz CT molecular complexity index is 525. The smallest absolute Gasteiger partial charge is 0.194 e. The number of halogens is 1. The summed E-state index contributed by atoms with van der Waals surface area (Å²) >= 11 is 7.44. The minimum atomic E-state index is 0.0777. The quantitative estimate of drug-likeness (QED) is 0.797. The molecule has 2 aromatic rings. The van der Waals surface area contributed by atoms with Crippen molar-refractivity contribution in [3.63, 3.8) is 0 Å². The largest absolute Gasteiger partial charge is 0.291 e. The van der Waals surface area contributed by atoms with Gasteiger partial charge in [0.1, 0.15) is 6.54 Å². The zero-order valence-corrected chi connectivity index (χ0v) is 11.3. The van der Waals surface area contributed by atoms with E-state index >= 15 is 0 Å². The molecule has 17 heavy (non-hydrogen) atoms. The van der Waals surface area contributed by atoms with E-state index in [1.54, 1.807) is 22.2 Å². The lowest BCUT2D eigenvalue weighted by molar-refractivity contribution is 0.0971. The lowest BCUT2D eigenvalue weighted by Crippen LogP contribution is -2.09. The molecule has 0 aliphatic rings. The van der Waals surface area contributed by atoms with E-state index < -0.39 is 0 Å². The predicted molar refractivity (Wildman–Crippen MR) is 70.0 cm³/mol. The molecule has 5 heteroatoms. The van der Waals surface area contributed by atoms with E-state index in [0.29, 0.717) is 5.02 Å². The molecule has 0 saturated heterocycles. The van der Waals surface area contributed by atoms with Gasteiger partial charge in [0.2, 0.25) is 0 Å². The normalized spacial score (nSPS) is 10.8. The first kappa shape index (κ1) is 12.3. The van der Waals surface area contributed by atoms with Gasteiger partial charge in [0.15, 0.2) is 5.78 Å². The topological polar surface area (TPSA) is 34.9 Å². The average Bonchev–Trinajstić information content (AvgIpc) is 2.87. The molecule has 0 atom stereocenters. The van der Waals surface area contributed by atoms with Crippen molar-refractivity contribution < 1.29 is 4.79 Å². The third kappa shape index (κ3) is 2.76. The number of aromatic nitrogens is 2. The fourth-order valence-electron chi connectivity index (χ4n) is 1.52. The lowest BCUT2D eigenvalue weighted by Gasteiger charge is -1.98. The van der Waals surface area contributed by atoms with E-state index in [9.17, 15) is 4.79 Å². The first-order valence-electron chi connectivity index (χ1n) is 5.41. The maximum absolute atomic E-state index is 12.0. The van der Waals surface area contributed by atoms with Crippen LogP contribution in [0.4, 0.5) is 0 Å². The number of thiophene rings is 1. The number of hydrogen-bond acceptors (Lipinski definition) is 3. The lowest BCUT2D eigenvalue weighted by atomic mass is 10.3. The van der Waals surface area contributed by atoms with Gasteiger partial charge in [-0.2, -0.15) is 5.10 Å². The molecule has 0 bridgehead atoms. The molecule has 0 fully saturated rings. The molecular weight excluding hydrogens is 256 g/mol. The van der Waals surface area contributed by atoms with Crippen LogP contribution in [0.15, 0.2) is 18.3 Å². The summed E-state index contributed by atoms with van der Waals surface area (Å²) in [5.41, 5.74) is 0.750. The Kier molecular flexibility index (Phi) is 3.64. The van der Waals surface area contributed by atoms with Gasteiger partial charge in [-0.05, 0) is 25.5 Å². The van der Waals surface area contributed by atoms with E-state index in [2.05, 4.69) is 12.0 Å². The highest BCUT2D eigenvalue weighted by molar-refractivity contribution is 7.14. The summed E-state index contributed by atoms with van der Waals surface area (Å²) < 4.78 is 1.59. The summed E-state index contributed by atoms with van der Waals surface area (Å²) in [6, 6.07) is 3.88. The van der Waals surface area contributed by atoms with E-state index in [1.165, 1.54) is 4.88 Å². The van der Waals surface area contributed by atoms with Crippen LogP contribution < -0.4 is 0 Å². The molecule has 0 aliphatic heterocycles. The Hall–Kier alpha value is -1.13. The van der Waals surface area contributed by atoms with Crippen LogP contribution in [-0.2, 0) is 13.0 Å². The molecule has 0 spiro atoms. The van der Waals surface area contributed by atoms with Crippen LogP contribution in [-0.4, -0.2) is 15.6 Å². The Balaban J connectivity index is 2.11. The Morgan fingerprint density at radius 3 is 2.82 bits per heavy atom. The van der Waals surface area contributed by atoms with E-state index in [0.717, 1.165) is 17.0 Å². The van der Waals surface area contributed by atoms with Gasteiger partial charge >= 0.3 is 0 Å². The number of Topliss-reactive ketones (excluding diaryl/α,β-unsaturated/α-hetero) is 1. The second-order valence-electron chi connectivity index (χ2n) is 3.80. The van der Waals surface area contributed by atoms with Crippen molar-refractivity contribution in [2.45, 2.75) is 26.8 Å². The highest BCUT2D eigenvalue weighted by Gasteiger charge is 2.11. The molecule has 2 heterocycles. The first-order valence-corrected chi connectivity index (χ1v) is 6.61. The molecule has 3 nitrogen and oxygen atoms in total. The number of ketones is 1. The van der Waals surface area contributed by atoms with Gasteiger partial charge in [-0.25, -0.2) is 0 Å². The zero-order chi connectivity index (χ0) is 12.4. The highest BCUT2D eigenvalue weighted by atomic mass is 35.5. The maximum atomic E-state index is 12.0. The molecule has 0 aromatic carbocycles. The number of carbonyl (C=O) groups excluding carboxylic acids is 1. The van der Waals surface area contributed by atoms with Gasteiger partial charge in [-0.1, -0.05) is 18.5 Å². The molecule has 0 unspecified atom stereocenters. The van der Waals surface area contributed by atoms with Crippen molar-refractivity contribution in [3.05, 3.63) is 38.8 Å². The minimum absolute atomic E-state index is 0.0777. The van der Waals surface area contributed by atoms with Crippen LogP contribution in [0.1, 0.15) is 27.2 Å². The van der Waals surface area contributed by atoms with Gasteiger partial charge < -0.3 is 0 Å². The molecule has 2 aromatic heterocycles. The number of aryl methyl sites for hydroxylation is 2. The number of rotatable bonds is 4. The molecule has 0 radical (unpaired) electrons. The second-order valence-corrected chi connectivity index (χ2v) is 5.38. The molecule has 90 valence electrons.